The topological polar surface area (TPSA) is 21.3 Å². The van der Waals surface area contributed by atoms with Gasteiger partial charge in [-0.15, -0.1) is 6.58 Å². The third-order valence-corrected chi connectivity index (χ3v) is 1.44. The minimum absolute atomic E-state index is 0.154. The molecule has 0 aromatic carbocycles. The molecular weight excluding hydrogens is 114 g/mol. The Morgan fingerprint density at radius 1 is 1.78 bits per heavy atom. The maximum absolute atomic E-state index is 5.36. The monoisotopic (exact) mass is 127 g/mol. The van der Waals surface area contributed by atoms with Crippen LogP contribution in [0.3, 0.4) is 0 Å². The summed E-state index contributed by atoms with van der Waals surface area (Å²) < 4.78 is 5.36. The van der Waals surface area contributed by atoms with Gasteiger partial charge in [-0.05, 0) is 13.8 Å². The van der Waals surface area contributed by atoms with Gasteiger partial charge < -0.3 is 4.74 Å². The van der Waals surface area contributed by atoms with Crippen molar-refractivity contribution in [3.63, 3.8) is 0 Å². The van der Waals surface area contributed by atoms with Gasteiger partial charge in [-0.1, -0.05) is 6.08 Å². The van der Waals surface area contributed by atoms with E-state index in [9.17, 15) is 0 Å². The van der Waals surface area contributed by atoms with E-state index >= 15 is 0 Å². The lowest BCUT2D eigenvalue weighted by Crippen LogP contribution is -2.37. The Morgan fingerprint density at radius 3 is 2.67 bits per heavy atom. The highest BCUT2D eigenvalue weighted by Crippen LogP contribution is 2.13. The summed E-state index contributed by atoms with van der Waals surface area (Å²) in [6.45, 7) is 8.43. The summed E-state index contributed by atoms with van der Waals surface area (Å²) in [4.78, 5) is 0. The molecule has 0 saturated carbocycles. The summed E-state index contributed by atoms with van der Waals surface area (Å²) >= 11 is 0. The fourth-order valence-corrected chi connectivity index (χ4v) is 0.955. The summed E-state index contributed by atoms with van der Waals surface area (Å²) in [5.74, 6) is 0. The molecular formula is C7H13NO. The second-order valence-corrected chi connectivity index (χ2v) is 2.81. The van der Waals surface area contributed by atoms with Crippen LogP contribution in [0.15, 0.2) is 12.7 Å². The number of hydrogen-bond acceptors (Lipinski definition) is 2. The quantitative estimate of drug-likeness (QED) is 0.528. The fraction of sp³-hybridized carbons (Fsp3) is 0.714. The first kappa shape index (κ1) is 6.78. The minimum Gasteiger partial charge on any atom is -0.359 e. The van der Waals surface area contributed by atoms with Crippen molar-refractivity contribution >= 4 is 0 Å². The molecule has 0 spiro atoms. The summed E-state index contributed by atoms with van der Waals surface area (Å²) in [5.41, 5.74) is -0.154. The molecule has 9 heavy (non-hydrogen) atoms. The smallest absolute Gasteiger partial charge is 0.114 e. The van der Waals surface area contributed by atoms with Crippen molar-refractivity contribution in [2.75, 3.05) is 6.61 Å². The lowest BCUT2D eigenvalue weighted by molar-refractivity contribution is 0.0232. The van der Waals surface area contributed by atoms with Gasteiger partial charge in [0.25, 0.3) is 0 Å². The van der Waals surface area contributed by atoms with Crippen molar-refractivity contribution in [1.29, 1.82) is 0 Å². The van der Waals surface area contributed by atoms with E-state index in [0.29, 0.717) is 6.04 Å². The maximum Gasteiger partial charge on any atom is 0.114 e. The predicted octanol–water partition coefficient (Wildman–Crippen LogP) is 0.897. The molecule has 0 bridgehead atoms. The maximum atomic E-state index is 5.36. The van der Waals surface area contributed by atoms with E-state index in [2.05, 4.69) is 11.9 Å². The largest absolute Gasteiger partial charge is 0.359 e. The number of rotatable bonds is 1. The van der Waals surface area contributed by atoms with Gasteiger partial charge in [0.2, 0.25) is 0 Å². The lowest BCUT2D eigenvalue weighted by atomic mass is 10.3. The van der Waals surface area contributed by atoms with Crippen LogP contribution in [0.4, 0.5) is 0 Å². The lowest BCUT2D eigenvalue weighted by Gasteiger charge is -2.16. The molecule has 0 unspecified atom stereocenters. The van der Waals surface area contributed by atoms with Gasteiger partial charge in [-0.2, -0.15) is 0 Å². The molecule has 2 nitrogen and oxygen atoms in total. The first-order chi connectivity index (χ1) is 4.14. The van der Waals surface area contributed by atoms with Crippen LogP contribution in [0.5, 0.6) is 0 Å². The Hall–Kier alpha value is -0.340. The van der Waals surface area contributed by atoms with Crippen molar-refractivity contribution in [3.8, 4) is 0 Å². The van der Waals surface area contributed by atoms with Crippen LogP contribution in [0, 0.1) is 0 Å². The SMILES string of the molecule is C=C[C@@H]1COC(C)(C)N1. The van der Waals surface area contributed by atoms with Crippen LogP contribution in [0.1, 0.15) is 13.8 Å². The van der Waals surface area contributed by atoms with Crippen molar-refractivity contribution in [3.05, 3.63) is 12.7 Å². The molecule has 1 aliphatic rings. The van der Waals surface area contributed by atoms with Crippen LogP contribution in [-0.2, 0) is 4.74 Å². The summed E-state index contributed by atoms with van der Waals surface area (Å²) in [6, 6.07) is 0.333. The number of ether oxygens (including phenoxy) is 1. The Kier molecular flexibility index (Phi) is 1.60. The second-order valence-electron chi connectivity index (χ2n) is 2.81. The summed E-state index contributed by atoms with van der Waals surface area (Å²) in [5, 5.41) is 3.24. The highest BCUT2D eigenvalue weighted by Gasteiger charge is 2.28. The average Bonchev–Trinajstić information content (AvgIpc) is 2.10. The fourth-order valence-electron chi connectivity index (χ4n) is 0.955. The zero-order valence-electron chi connectivity index (χ0n) is 5.98. The molecule has 52 valence electrons. The van der Waals surface area contributed by atoms with E-state index in [-0.39, 0.29) is 5.72 Å². The van der Waals surface area contributed by atoms with E-state index < -0.39 is 0 Å². The number of hydrogen-bond donors (Lipinski definition) is 1. The molecule has 0 radical (unpaired) electrons. The molecule has 0 aliphatic carbocycles. The zero-order chi connectivity index (χ0) is 6.91. The molecule has 2 heteroatoms. The second kappa shape index (κ2) is 2.12. The van der Waals surface area contributed by atoms with Gasteiger partial charge in [-0.25, -0.2) is 0 Å². The normalized spacial score (nSPS) is 32.4. The molecule has 1 N–H and O–H groups in total. The standard InChI is InChI=1S/C7H13NO/c1-4-6-5-9-7(2,3)8-6/h4,6,8H,1,5H2,2-3H3/t6-/m1/s1. The van der Waals surface area contributed by atoms with Gasteiger partial charge in [0.1, 0.15) is 5.72 Å². The van der Waals surface area contributed by atoms with Gasteiger partial charge in [-0.3, -0.25) is 5.32 Å². The van der Waals surface area contributed by atoms with Crippen LogP contribution in [0.2, 0.25) is 0 Å². The van der Waals surface area contributed by atoms with Crippen molar-refractivity contribution < 1.29 is 4.74 Å². The van der Waals surface area contributed by atoms with Crippen molar-refractivity contribution in [2.24, 2.45) is 0 Å². The minimum atomic E-state index is -0.154. The summed E-state index contributed by atoms with van der Waals surface area (Å²) in [7, 11) is 0. The molecule has 0 aromatic rings. The van der Waals surface area contributed by atoms with E-state index in [1.165, 1.54) is 0 Å². The Bertz CT molecular complexity index is 120. The highest BCUT2D eigenvalue weighted by molar-refractivity contribution is 4.93. The third-order valence-electron chi connectivity index (χ3n) is 1.44. The Balaban J connectivity index is 2.47. The molecule has 1 atom stereocenters. The molecule has 0 amide bonds. The van der Waals surface area contributed by atoms with E-state index in [1.54, 1.807) is 0 Å². The Labute approximate surface area is 55.9 Å². The molecule has 1 aliphatic heterocycles. The van der Waals surface area contributed by atoms with Crippen LogP contribution in [-0.4, -0.2) is 18.4 Å². The van der Waals surface area contributed by atoms with E-state index in [0.717, 1.165) is 6.61 Å². The first-order valence-electron chi connectivity index (χ1n) is 3.18. The number of nitrogens with one attached hydrogen (secondary N) is 1. The average molecular weight is 127 g/mol. The van der Waals surface area contributed by atoms with Gasteiger partial charge in [0.05, 0.1) is 12.6 Å². The third kappa shape index (κ3) is 1.53. The highest BCUT2D eigenvalue weighted by atomic mass is 16.5. The van der Waals surface area contributed by atoms with Crippen LogP contribution < -0.4 is 5.32 Å². The zero-order valence-corrected chi connectivity index (χ0v) is 5.98. The Morgan fingerprint density at radius 2 is 2.44 bits per heavy atom. The van der Waals surface area contributed by atoms with Crippen LogP contribution >= 0.6 is 0 Å². The first-order valence-corrected chi connectivity index (χ1v) is 3.18. The van der Waals surface area contributed by atoms with Crippen molar-refractivity contribution in [2.45, 2.75) is 25.6 Å². The molecule has 1 fully saturated rings. The van der Waals surface area contributed by atoms with Gasteiger partial charge in [0.15, 0.2) is 0 Å². The molecule has 1 rings (SSSR count). The predicted molar refractivity (Wildman–Crippen MR) is 37.2 cm³/mol. The van der Waals surface area contributed by atoms with Gasteiger partial charge in [0, 0.05) is 0 Å². The van der Waals surface area contributed by atoms with Crippen LogP contribution in [0.25, 0.3) is 0 Å². The van der Waals surface area contributed by atoms with Gasteiger partial charge >= 0.3 is 0 Å². The van der Waals surface area contributed by atoms with E-state index in [1.807, 2.05) is 19.9 Å². The van der Waals surface area contributed by atoms with Crippen molar-refractivity contribution in [1.82, 2.24) is 5.32 Å². The molecule has 0 aromatic heterocycles. The van der Waals surface area contributed by atoms with E-state index in [4.69, 9.17) is 4.74 Å². The molecule has 1 saturated heterocycles. The summed E-state index contributed by atoms with van der Waals surface area (Å²) in [6.07, 6.45) is 1.87. The molecule has 1 heterocycles.